The fourth-order valence-corrected chi connectivity index (χ4v) is 4.52. The van der Waals surface area contributed by atoms with Gasteiger partial charge in [0, 0.05) is 54.5 Å². The van der Waals surface area contributed by atoms with Crippen LogP contribution in [0.5, 0.6) is 0 Å². The summed E-state index contributed by atoms with van der Waals surface area (Å²) in [4.78, 5) is 26.3. The van der Waals surface area contributed by atoms with Crippen molar-refractivity contribution in [1.82, 2.24) is 14.9 Å². The van der Waals surface area contributed by atoms with Crippen LogP contribution in [0.2, 0.25) is 5.02 Å². The minimum absolute atomic E-state index is 0.0416. The number of carbonyl (C=O) groups excluding carboxylic acids is 1. The smallest absolute Gasteiger partial charge is 0.233 e. The van der Waals surface area contributed by atoms with E-state index in [2.05, 4.69) is 9.88 Å². The van der Waals surface area contributed by atoms with Crippen LogP contribution in [0.15, 0.2) is 54.2 Å². The van der Waals surface area contributed by atoms with E-state index in [-0.39, 0.29) is 5.91 Å². The molecule has 4 rings (SSSR count). The van der Waals surface area contributed by atoms with Crippen molar-refractivity contribution in [2.45, 2.75) is 12.8 Å². The number of ether oxygens (including phenoxy) is 1. The SMILES string of the molecule is O=C(Cc1ccc(Cl)cc1)N(CCCN1CCOCC1)c1nc(-c2ccncc2)cs1. The Morgan fingerprint density at radius 1 is 1.13 bits per heavy atom. The molecule has 0 saturated carbocycles. The molecule has 1 aliphatic heterocycles. The van der Waals surface area contributed by atoms with Crippen molar-refractivity contribution in [3.8, 4) is 11.3 Å². The summed E-state index contributed by atoms with van der Waals surface area (Å²) in [6.07, 6.45) is 4.70. The number of rotatable bonds is 8. The van der Waals surface area contributed by atoms with E-state index in [1.54, 1.807) is 12.4 Å². The van der Waals surface area contributed by atoms with Gasteiger partial charge in [-0.3, -0.25) is 19.6 Å². The van der Waals surface area contributed by atoms with Gasteiger partial charge in [0.2, 0.25) is 5.91 Å². The second kappa shape index (κ2) is 10.8. The molecule has 0 unspecified atom stereocenters. The van der Waals surface area contributed by atoms with Gasteiger partial charge in [0.05, 0.1) is 25.3 Å². The van der Waals surface area contributed by atoms with Crippen LogP contribution in [-0.2, 0) is 16.0 Å². The number of morpholine rings is 1. The molecular weight excluding hydrogens is 432 g/mol. The number of nitrogens with zero attached hydrogens (tertiary/aromatic N) is 4. The molecular formula is C23H25ClN4O2S. The van der Waals surface area contributed by atoms with E-state index in [0.717, 1.165) is 61.2 Å². The summed E-state index contributed by atoms with van der Waals surface area (Å²) in [6.45, 7) is 5.02. The van der Waals surface area contributed by atoms with Gasteiger partial charge in [-0.1, -0.05) is 23.7 Å². The van der Waals surface area contributed by atoms with Gasteiger partial charge in [-0.05, 0) is 36.2 Å². The van der Waals surface area contributed by atoms with Crippen molar-refractivity contribution in [3.05, 3.63) is 64.8 Å². The van der Waals surface area contributed by atoms with Crippen LogP contribution in [0, 0.1) is 0 Å². The van der Waals surface area contributed by atoms with Crippen molar-refractivity contribution in [2.24, 2.45) is 0 Å². The number of pyridine rings is 1. The quantitative estimate of drug-likeness (QED) is 0.509. The molecule has 0 atom stereocenters. The van der Waals surface area contributed by atoms with Gasteiger partial charge in [0.1, 0.15) is 0 Å². The Bertz CT molecular complexity index is 975. The van der Waals surface area contributed by atoms with Crippen LogP contribution in [0.4, 0.5) is 5.13 Å². The fourth-order valence-electron chi connectivity index (χ4n) is 3.52. The molecule has 6 nitrogen and oxygen atoms in total. The summed E-state index contributed by atoms with van der Waals surface area (Å²) < 4.78 is 5.43. The molecule has 1 aliphatic rings. The van der Waals surface area contributed by atoms with E-state index in [9.17, 15) is 4.79 Å². The lowest BCUT2D eigenvalue weighted by molar-refractivity contribution is -0.118. The van der Waals surface area contributed by atoms with Gasteiger partial charge < -0.3 is 4.74 Å². The molecule has 3 aromatic rings. The summed E-state index contributed by atoms with van der Waals surface area (Å²) in [7, 11) is 0. The first kappa shape index (κ1) is 21.9. The van der Waals surface area contributed by atoms with Crippen LogP contribution in [0.25, 0.3) is 11.3 Å². The van der Waals surface area contributed by atoms with Crippen LogP contribution in [0.1, 0.15) is 12.0 Å². The largest absolute Gasteiger partial charge is 0.379 e. The number of hydrogen-bond acceptors (Lipinski definition) is 6. The van der Waals surface area contributed by atoms with Crippen LogP contribution < -0.4 is 4.90 Å². The molecule has 0 bridgehead atoms. The zero-order chi connectivity index (χ0) is 21.5. The molecule has 1 aromatic carbocycles. The van der Waals surface area contributed by atoms with E-state index in [1.807, 2.05) is 46.7 Å². The highest BCUT2D eigenvalue weighted by Crippen LogP contribution is 2.28. The highest BCUT2D eigenvalue weighted by Gasteiger charge is 2.20. The third-order valence-electron chi connectivity index (χ3n) is 5.23. The van der Waals surface area contributed by atoms with Gasteiger partial charge in [0.15, 0.2) is 5.13 Å². The minimum Gasteiger partial charge on any atom is -0.379 e. The van der Waals surface area contributed by atoms with Gasteiger partial charge in [-0.25, -0.2) is 4.98 Å². The Labute approximate surface area is 191 Å². The first-order valence-electron chi connectivity index (χ1n) is 10.4. The number of halogens is 1. The van der Waals surface area contributed by atoms with E-state index in [4.69, 9.17) is 21.3 Å². The summed E-state index contributed by atoms with van der Waals surface area (Å²) >= 11 is 7.49. The van der Waals surface area contributed by atoms with Crippen LogP contribution >= 0.6 is 22.9 Å². The van der Waals surface area contributed by atoms with Crippen molar-refractivity contribution in [2.75, 3.05) is 44.3 Å². The average Bonchev–Trinajstić information content (AvgIpc) is 3.29. The minimum atomic E-state index is 0.0416. The number of anilines is 1. The maximum absolute atomic E-state index is 13.2. The lowest BCUT2D eigenvalue weighted by atomic mass is 10.1. The first-order valence-corrected chi connectivity index (χ1v) is 11.7. The van der Waals surface area contributed by atoms with Crippen LogP contribution in [-0.4, -0.2) is 60.2 Å². The second-order valence-electron chi connectivity index (χ2n) is 7.41. The maximum Gasteiger partial charge on any atom is 0.233 e. The van der Waals surface area contributed by atoms with Crippen molar-refractivity contribution in [1.29, 1.82) is 0 Å². The molecule has 1 amide bonds. The monoisotopic (exact) mass is 456 g/mol. The lowest BCUT2D eigenvalue weighted by Crippen LogP contribution is -2.39. The summed E-state index contributed by atoms with van der Waals surface area (Å²) in [5, 5.41) is 3.39. The molecule has 162 valence electrons. The maximum atomic E-state index is 13.2. The highest BCUT2D eigenvalue weighted by atomic mass is 35.5. The summed E-state index contributed by atoms with van der Waals surface area (Å²) in [5.41, 5.74) is 2.80. The number of thiazole rings is 1. The average molecular weight is 457 g/mol. The standard InChI is InChI=1S/C23H25ClN4O2S/c24-20-4-2-18(3-5-20)16-22(29)28(11-1-10-27-12-14-30-15-13-27)23-26-21(17-31-23)19-6-8-25-9-7-19/h2-9,17H,1,10-16H2. The Kier molecular flexibility index (Phi) is 7.64. The lowest BCUT2D eigenvalue weighted by Gasteiger charge is -2.27. The van der Waals surface area contributed by atoms with E-state index >= 15 is 0 Å². The topological polar surface area (TPSA) is 58.6 Å². The van der Waals surface area contributed by atoms with Crippen molar-refractivity contribution >= 4 is 34.0 Å². The van der Waals surface area contributed by atoms with Crippen molar-refractivity contribution < 1.29 is 9.53 Å². The molecule has 0 aliphatic carbocycles. The third kappa shape index (κ3) is 6.11. The zero-order valence-electron chi connectivity index (χ0n) is 17.2. The van der Waals surface area contributed by atoms with E-state index in [0.29, 0.717) is 18.0 Å². The molecule has 1 saturated heterocycles. The predicted octanol–water partition coefficient (Wildman–Crippen LogP) is 4.16. The molecule has 1 fully saturated rings. The molecule has 8 heteroatoms. The normalized spacial score (nSPS) is 14.5. The second-order valence-corrected chi connectivity index (χ2v) is 8.68. The zero-order valence-corrected chi connectivity index (χ0v) is 18.8. The fraction of sp³-hybridized carbons (Fsp3) is 0.348. The van der Waals surface area contributed by atoms with Gasteiger partial charge in [-0.15, -0.1) is 11.3 Å². The van der Waals surface area contributed by atoms with E-state index < -0.39 is 0 Å². The number of benzene rings is 1. The van der Waals surface area contributed by atoms with Crippen molar-refractivity contribution in [3.63, 3.8) is 0 Å². The molecule has 3 heterocycles. The molecule has 2 aromatic heterocycles. The molecule has 0 N–H and O–H groups in total. The molecule has 31 heavy (non-hydrogen) atoms. The Morgan fingerprint density at radius 2 is 1.87 bits per heavy atom. The van der Waals surface area contributed by atoms with Gasteiger partial charge in [0.25, 0.3) is 0 Å². The number of hydrogen-bond donors (Lipinski definition) is 0. The Hall–Kier alpha value is -2.32. The molecule has 0 spiro atoms. The predicted molar refractivity (Wildman–Crippen MR) is 125 cm³/mol. The van der Waals surface area contributed by atoms with Gasteiger partial charge in [-0.2, -0.15) is 0 Å². The highest BCUT2D eigenvalue weighted by molar-refractivity contribution is 7.14. The molecule has 0 radical (unpaired) electrons. The Balaban J connectivity index is 1.48. The van der Waals surface area contributed by atoms with Crippen LogP contribution in [0.3, 0.4) is 0 Å². The summed E-state index contributed by atoms with van der Waals surface area (Å²) in [5.74, 6) is 0.0416. The van der Waals surface area contributed by atoms with E-state index in [1.165, 1.54) is 11.3 Å². The number of amides is 1. The summed E-state index contributed by atoms with van der Waals surface area (Å²) in [6, 6.07) is 11.3. The number of carbonyl (C=O) groups is 1. The Morgan fingerprint density at radius 3 is 2.61 bits per heavy atom. The van der Waals surface area contributed by atoms with Gasteiger partial charge >= 0.3 is 0 Å². The first-order chi connectivity index (χ1) is 15.2. The third-order valence-corrected chi connectivity index (χ3v) is 6.34. The number of aromatic nitrogens is 2.